The van der Waals surface area contributed by atoms with Gasteiger partial charge in [0.05, 0.1) is 12.3 Å². The minimum Gasteiger partial charge on any atom is -0.492 e. The second kappa shape index (κ2) is 12.0. The van der Waals surface area contributed by atoms with Gasteiger partial charge < -0.3 is 15.4 Å². The number of carbonyl (C=O) groups is 2. The second-order valence-electron chi connectivity index (χ2n) is 5.58. The van der Waals surface area contributed by atoms with Crippen LogP contribution in [0.15, 0.2) is 60.7 Å². The van der Waals surface area contributed by atoms with Crippen molar-refractivity contribution in [2.75, 3.05) is 30.0 Å². The number of ether oxygens (including phenoxy) is 1. The number of nitrogens with one attached hydrogen (secondary N) is 2. The van der Waals surface area contributed by atoms with Crippen LogP contribution in [0.3, 0.4) is 0 Å². The molecule has 0 aliphatic rings. The molecule has 0 saturated heterocycles. The zero-order valence-corrected chi connectivity index (χ0v) is 15.5. The van der Waals surface area contributed by atoms with E-state index in [1.54, 1.807) is 0 Å². The lowest BCUT2D eigenvalue weighted by Crippen LogP contribution is -2.27. The Hall–Kier alpha value is -2.47. The third-order valence-corrected chi connectivity index (χ3v) is 4.46. The number of hydrogen-bond acceptors (Lipinski definition) is 4. The van der Waals surface area contributed by atoms with E-state index in [0.29, 0.717) is 25.3 Å². The molecule has 5 nitrogen and oxygen atoms in total. The van der Waals surface area contributed by atoms with Gasteiger partial charge in [-0.1, -0.05) is 36.4 Å². The molecule has 26 heavy (non-hydrogen) atoms. The fraction of sp³-hybridized carbons (Fsp3) is 0.300. The molecule has 0 radical (unpaired) electrons. The zero-order valence-electron chi connectivity index (χ0n) is 14.6. The van der Waals surface area contributed by atoms with Crippen molar-refractivity contribution >= 4 is 29.3 Å². The van der Waals surface area contributed by atoms with Crippen LogP contribution in [0, 0.1) is 0 Å². The van der Waals surface area contributed by atoms with Crippen LogP contribution in [0.2, 0.25) is 0 Å². The van der Waals surface area contributed by atoms with Gasteiger partial charge in [-0.3, -0.25) is 9.59 Å². The Balaban J connectivity index is 1.45. The summed E-state index contributed by atoms with van der Waals surface area (Å²) < 4.78 is 5.51. The Bertz CT molecular complexity index is 665. The van der Waals surface area contributed by atoms with Gasteiger partial charge in [0.1, 0.15) is 12.4 Å². The number of carbonyl (C=O) groups excluding carboxylic acids is 2. The first-order valence-corrected chi connectivity index (χ1v) is 9.77. The molecule has 0 saturated carbocycles. The van der Waals surface area contributed by atoms with Crippen molar-refractivity contribution in [1.82, 2.24) is 5.32 Å². The highest BCUT2D eigenvalue weighted by Crippen LogP contribution is 2.09. The van der Waals surface area contributed by atoms with Crippen LogP contribution in [0.4, 0.5) is 5.69 Å². The number of amides is 2. The Kier molecular flexibility index (Phi) is 9.14. The van der Waals surface area contributed by atoms with E-state index in [1.807, 2.05) is 60.7 Å². The summed E-state index contributed by atoms with van der Waals surface area (Å²) in [5, 5.41) is 5.67. The molecule has 0 atom stereocenters. The summed E-state index contributed by atoms with van der Waals surface area (Å²) in [5.74, 6) is 1.95. The predicted molar refractivity (Wildman–Crippen MR) is 107 cm³/mol. The molecule has 2 aromatic carbocycles. The van der Waals surface area contributed by atoms with Crippen LogP contribution < -0.4 is 15.4 Å². The average molecular weight is 372 g/mol. The molecule has 0 unspecified atom stereocenters. The first-order valence-electron chi connectivity index (χ1n) is 8.61. The molecule has 6 heteroatoms. The fourth-order valence-electron chi connectivity index (χ4n) is 2.18. The summed E-state index contributed by atoms with van der Waals surface area (Å²) in [4.78, 5) is 23.5. The fourth-order valence-corrected chi connectivity index (χ4v) is 2.93. The first kappa shape index (κ1) is 19.8. The van der Waals surface area contributed by atoms with E-state index in [-0.39, 0.29) is 11.8 Å². The van der Waals surface area contributed by atoms with E-state index >= 15 is 0 Å². The van der Waals surface area contributed by atoms with Crippen LogP contribution >= 0.6 is 11.8 Å². The normalized spacial score (nSPS) is 10.2. The molecule has 2 amide bonds. The summed E-state index contributed by atoms with van der Waals surface area (Å²) in [7, 11) is 0. The van der Waals surface area contributed by atoms with Gasteiger partial charge in [-0.25, -0.2) is 0 Å². The molecule has 0 heterocycles. The van der Waals surface area contributed by atoms with Crippen molar-refractivity contribution < 1.29 is 14.3 Å². The molecule has 0 fully saturated rings. The summed E-state index contributed by atoms with van der Waals surface area (Å²) in [5.41, 5.74) is 0.801. The minimum atomic E-state index is -0.0243. The quantitative estimate of drug-likeness (QED) is 0.594. The zero-order chi connectivity index (χ0) is 18.5. The van der Waals surface area contributed by atoms with Crippen molar-refractivity contribution in [3.63, 3.8) is 0 Å². The number of rotatable bonds is 11. The Morgan fingerprint density at radius 3 is 2.35 bits per heavy atom. The highest BCUT2D eigenvalue weighted by atomic mass is 32.2. The maximum absolute atomic E-state index is 11.8. The maximum atomic E-state index is 11.8. The standard InChI is InChI=1S/C20H24N2O3S/c23-19(21-13-14-25-18-10-5-2-6-11-18)12-7-15-26-16-20(24)22-17-8-3-1-4-9-17/h1-6,8-11H,7,12-16H2,(H,21,23)(H,22,24). The monoisotopic (exact) mass is 372 g/mol. The summed E-state index contributed by atoms with van der Waals surface area (Å²) in [6, 6.07) is 18.9. The molecule has 138 valence electrons. The van der Waals surface area contributed by atoms with Gasteiger partial charge in [-0.2, -0.15) is 11.8 Å². The van der Waals surface area contributed by atoms with E-state index in [4.69, 9.17) is 4.74 Å². The Labute approximate surface area is 158 Å². The largest absolute Gasteiger partial charge is 0.492 e. The van der Waals surface area contributed by atoms with E-state index < -0.39 is 0 Å². The third kappa shape index (κ3) is 8.58. The topological polar surface area (TPSA) is 67.4 Å². The highest BCUT2D eigenvalue weighted by Gasteiger charge is 2.04. The number of benzene rings is 2. The van der Waals surface area contributed by atoms with Crippen molar-refractivity contribution in [3.8, 4) is 5.75 Å². The van der Waals surface area contributed by atoms with Crippen LogP contribution in [-0.2, 0) is 9.59 Å². The van der Waals surface area contributed by atoms with Crippen molar-refractivity contribution in [3.05, 3.63) is 60.7 Å². The predicted octanol–water partition coefficient (Wildman–Crippen LogP) is 3.33. The van der Waals surface area contributed by atoms with Gasteiger partial charge in [0.2, 0.25) is 11.8 Å². The minimum absolute atomic E-state index is 0.0102. The van der Waals surface area contributed by atoms with Crippen molar-refractivity contribution in [2.45, 2.75) is 12.8 Å². The molecule has 2 aromatic rings. The van der Waals surface area contributed by atoms with Crippen molar-refractivity contribution in [2.24, 2.45) is 0 Å². The van der Waals surface area contributed by atoms with Gasteiger partial charge in [0.25, 0.3) is 0 Å². The second-order valence-corrected chi connectivity index (χ2v) is 6.69. The van der Waals surface area contributed by atoms with Gasteiger partial charge in [0, 0.05) is 12.1 Å². The number of thioether (sulfide) groups is 1. The molecular weight excluding hydrogens is 348 g/mol. The SMILES string of the molecule is O=C(CCCSCC(=O)Nc1ccccc1)NCCOc1ccccc1. The lowest BCUT2D eigenvalue weighted by molar-refractivity contribution is -0.121. The summed E-state index contributed by atoms with van der Waals surface area (Å²) in [6.45, 7) is 0.935. The van der Waals surface area contributed by atoms with Crippen molar-refractivity contribution in [1.29, 1.82) is 0 Å². The lowest BCUT2D eigenvalue weighted by atomic mass is 10.3. The number of para-hydroxylation sites is 2. The molecule has 2 rings (SSSR count). The van der Waals surface area contributed by atoms with E-state index in [2.05, 4.69) is 10.6 Å². The van der Waals surface area contributed by atoms with Crippen LogP contribution in [0.5, 0.6) is 5.75 Å². The highest BCUT2D eigenvalue weighted by molar-refractivity contribution is 7.99. The van der Waals surface area contributed by atoms with Crippen LogP contribution in [0.1, 0.15) is 12.8 Å². The summed E-state index contributed by atoms with van der Waals surface area (Å²) in [6.07, 6.45) is 1.20. The molecule has 0 aliphatic heterocycles. The smallest absolute Gasteiger partial charge is 0.234 e. The van der Waals surface area contributed by atoms with E-state index in [9.17, 15) is 9.59 Å². The molecule has 0 spiro atoms. The van der Waals surface area contributed by atoms with E-state index in [0.717, 1.165) is 23.6 Å². The maximum Gasteiger partial charge on any atom is 0.234 e. The van der Waals surface area contributed by atoms with Gasteiger partial charge in [-0.15, -0.1) is 0 Å². The van der Waals surface area contributed by atoms with Crippen LogP contribution in [0.25, 0.3) is 0 Å². The van der Waals surface area contributed by atoms with E-state index in [1.165, 1.54) is 11.8 Å². The van der Waals surface area contributed by atoms with Gasteiger partial charge in [0.15, 0.2) is 0 Å². The molecule has 0 aliphatic carbocycles. The molecule has 0 bridgehead atoms. The Morgan fingerprint density at radius 2 is 1.62 bits per heavy atom. The Morgan fingerprint density at radius 1 is 0.923 bits per heavy atom. The first-order chi connectivity index (χ1) is 12.7. The lowest BCUT2D eigenvalue weighted by Gasteiger charge is -2.08. The van der Waals surface area contributed by atoms with Crippen LogP contribution in [-0.4, -0.2) is 36.5 Å². The third-order valence-electron chi connectivity index (χ3n) is 3.42. The number of anilines is 1. The van der Waals surface area contributed by atoms with Gasteiger partial charge in [-0.05, 0) is 36.4 Å². The molecule has 0 aromatic heterocycles. The summed E-state index contributed by atoms with van der Waals surface area (Å²) >= 11 is 1.53. The molecule has 2 N–H and O–H groups in total. The van der Waals surface area contributed by atoms with Gasteiger partial charge >= 0.3 is 0 Å². The number of hydrogen-bond donors (Lipinski definition) is 2. The molecular formula is C20H24N2O3S. The average Bonchev–Trinajstić information content (AvgIpc) is 2.66.